The Morgan fingerprint density at radius 1 is 0.597 bits per heavy atom. The highest BCUT2D eigenvalue weighted by atomic mass is 79.9. The number of aryl methyl sites for hydroxylation is 1. The Hall–Kier alpha value is -7.10. The number of fused-ring (bicyclic) bond motifs is 6. The minimum absolute atomic E-state index is 0.0482. The number of nitrogens with zero attached hydrogens (tertiary/aromatic N) is 6. The molecule has 4 aliphatic heterocycles. The van der Waals surface area contributed by atoms with E-state index < -0.39 is 77.3 Å². The standard InChI is InChI=1S/C31H25BrF3N3O3S.C25H22F3N3O3S/c1-19(31(33,34)35)36-18-38(26-22-12-6-5-11-21(22)17-42-25-14-8-7-13-23(25)26)37-15-24(32)28(39)29(27(37)30(36)40)41-16-20-9-3-2-4-10-20;1-14-11-30-21(23(33)22(14)32)24(34)29(15(2)25(26,27)28)13-31(30)20-17-8-4-3-7-16(17)12-35-19-10-6-5-9-18(19)20/h2-15,19,26H,16-18H2,1H3;3-11,15,20,33H,12-13H2,1-2H3/t19?,26-;15?,20-/m00/s1. The van der Waals surface area contributed by atoms with Gasteiger partial charge < -0.3 is 19.6 Å². The van der Waals surface area contributed by atoms with Crippen LogP contribution in [0.1, 0.15) is 91.4 Å². The number of benzene rings is 5. The number of pyridine rings is 2. The van der Waals surface area contributed by atoms with Crippen LogP contribution in [0.15, 0.2) is 164 Å². The average molecular weight is 1160 g/mol. The Kier molecular flexibility index (Phi) is 14.6. The van der Waals surface area contributed by atoms with E-state index in [4.69, 9.17) is 4.74 Å². The summed E-state index contributed by atoms with van der Waals surface area (Å²) in [4.78, 5) is 56.5. The third-order valence-electron chi connectivity index (χ3n) is 14.1. The van der Waals surface area contributed by atoms with Crippen molar-refractivity contribution in [2.45, 2.75) is 85.2 Å². The molecular weight excluding hydrogens is 1110 g/mol. The number of carbonyl (C=O) groups excluding carboxylic acids is 2. The van der Waals surface area contributed by atoms with Crippen molar-refractivity contribution < 1.29 is 45.8 Å². The first-order valence-corrected chi connectivity index (χ1v) is 27.0. The number of ether oxygens (including phenoxy) is 1. The number of alkyl halides is 6. The molecule has 7 aromatic rings. The van der Waals surface area contributed by atoms with Crippen LogP contribution >= 0.6 is 39.5 Å². The second-order valence-corrected chi connectivity index (χ2v) is 21.7. The van der Waals surface area contributed by atoms with Crippen molar-refractivity contribution in [1.82, 2.24) is 19.2 Å². The highest BCUT2D eigenvalue weighted by Gasteiger charge is 2.50. The summed E-state index contributed by atoms with van der Waals surface area (Å²) in [5.74, 6) is -1.82. The van der Waals surface area contributed by atoms with Gasteiger partial charge in [-0.1, -0.05) is 115 Å². The minimum atomic E-state index is -4.70. The maximum atomic E-state index is 14.2. The maximum absolute atomic E-state index is 14.2. The van der Waals surface area contributed by atoms with Gasteiger partial charge in [0.1, 0.15) is 32.0 Å². The second kappa shape index (κ2) is 21.0. The molecule has 398 valence electrons. The van der Waals surface area contributed by atoms with Gasteiger partial charge in [-0.3, -0.25) is 38.5 Å². The van der Waals surface area contributed by atoms with Gasteiger partial charge >= 0.3 is 12.4 Å². The van der Waals surface area contributed by atoms with Crippen LogP contribution < -0.4 is 25.6 Å². The van der Waals surface area contributed by atoms with Crippen LogP contribution in [0.4, 0.5) is 26.3 Å². The first kappa shape index (κ1) is 53.3. The third kappa shape index (κ3) is 9.97. The molecule has 0 saturated carbocycles. The molecule has 77 heavy (non-hydrogen) atoms. The van der Waals surface area contributed by atoms with E-state index >= 15 is 0 Å². The molecule has 0 fully saturated rings. The molecular formula is C56H47BrF6N6O6S2. The number of carbonyl (C=O) groups is 2. The van der Waals surface area contributed by atoms with Gasteiger partial charge in [-0.05, 0) is 87.8 Å². The molecule has 4 aliphatic rings. The van der Waals surface area contributed by atoms with E-state index in [0.717, 1.165) is 67.5 Å². The lowest BCUT2D eigenvalue weighted by Crippen LogP contribution is -2.60. The van der Waals surface area contributed by atoms with Crippen LogP contribution in [0, 0.1) is 6.92 Å². The Balaban J connectivity index is 0.000000178. The van der Waals surface area contributed by atoms with E-state index in [1.54, 1.807) is 57.8 Å². The van der Waals surface area contributed by atoms with Crippen molar-refractivity contribution in [2.75, 3.05) is 23.4 Å². The molecule has 0 saturated heterocycles. The summed E-state index contributed by atoms with van der Waals surface area (Å²) in [6.45, 7) is 2.53. The van der Waals surface area contributed by atoms with Crippen molar-refractivity contribution in [3.8, 4) is 11.5 Å². The average Bonchev–Trinajstić information content (AvgIpc) is 3.72. The number of amides is 2. The van der Waals surface area contributed by atoms with Gasteiger partial charge in [-0.2, -0.15) is 26.3 Å². The SMILES string of the molecule is CC(N1CN([C@H]2c3ccccc3CSc3ccccc32)n2cc(Br)c(=O)c(OCc3ccccc3)c2C1=O)C(F)(F)F.Cc1cn2c(c(O)c1=O)C(=O)N(C(C)C(F)(F)F)CN2[C@H]1c2ccccc2CSc2ccccc21. The number of halogens is 7. The fourth-order valence-corrected chi connectivity index (χ4v) is 12.5. The summed E-state index contributed by atoms with van der Waals surface area (Å²) in [5.41, 5.74) is 4.32. The Bertz CT molecular complexity index is 3470. The molecule has 0 bridgehead atoms. The molecule has 4 atom stereocenters. The number of hydrogen-bond acceptors (Lipinski definition) is 10. The predicted octanol–water partition coefficient (Wildman–Crippen LogP) is 11.4. The molecule has 21 heteroatoms. The summed E-state index contributed by atoms with van der Waals surface area (Å²) in [7, 11) is 0. The van der Waals surface area contributed by atoms with Gasteiger partial charge in [0.25, 0.3) is 11.8 Å². The summed E-state index contributed by atoms with van der Waals surface area (Å²) in [5, 5.41) is 14.0. The number of thioether (sulfide) groups is 2. The van der Waals surface area contributed by atoms with Crippen LogP contribution in [-0.2, 0) is 18.1 Å². The molecule has 6 heterocycles. The van der Waals surface area contributed by atoms with Gasteiger partial charge in [0.2, 0.25) is 10.9 Å². The number of aromatic nitrogens is 2. The van der Waals surface area contributed by atoms with E-state index in [1.165, 1.54) is 28.7 Å². The smallest absolute Gasteiger partial charge is 0.408 e. The number of rotatable bonds is 7. The monoisotopic (exact) mass is 1160 g/mol. The first-order valence-electron chi connectivity index (χ1n) is 24.2. The summed E-state index contributed by atoms with van der Waals surface area (Å²) < 4.78 is 92.9. The molecule has 0 spiro atoms. The molecule has 12 nitrogen and oxygen atoms in total. The van der Waals surface area contributed by atoms with Crippen molar-refractivity contribution in [2.24, 2.45) is 0 Å². The zero-order chi connectivity index (χ0) is 54.7. The zero-order valence-electron chi connectivity index (χ0n) is 41.3. The number of aromatic hydroxyl groups is 1. The van der Waals surface area contributed by atoms with Gasteiger partial charge in [0, 0.05) is 39.3 Å². The molecule has 2 unspecified atom stereocenters. The normalized spacial score (nSPS) is 17.7. The lowest BCUT2D eigenvalue weighted by atomic mass is 9.94. The fraction of sp³-hybridized carbons (Fsp3) is 0.250. The van der Waals surface area contributed by atoms with Crippen molar-refractivity contribution in [1.29, 1.82) is 0 Å². The quantitative estimate of drug-likeness (QED) is 0.154. The van der Waals surface area contributed by atoms with E-state index in [1.807, 2.05) is 103 Å². The molecule has 2 amide bonds. The van der Waals surface area contributed by atoms with Gasteiger partial charge in [0.15, 0.2) is 22.9 Å². The Labute approximate surface area is 454 Å². The van der Waals surface area contributed by atoms with Crippen LogP contribution in [0.3, 0.4) is 0 Å². The largest absolute Gasteiger partial charge is 0.502 e. The topological polar surface area (TPSA) is 121 Å². The maximum Gasteiger partial charge on any atom is 0.408 e. The molecule has 0 aliphatic carbocycles. The molecule has 2 aromatic heterocycles. The van der Waals surface area contributed by atoms with Gasteiger partial charge in [0.05, 0.1) is 16.6 Å². The van der Waals surface area contributed by atoms with Crippen LogP contribution in [-0.4, -0.2) is 73.8 Å². The van der Waals surface area contributed by atoms with E-state index in [9.17, 15) is 50.6 Å². The molecule has 1 N–H and O–H groups in total. The van der Waals surface area contributed by atoms with E-state index in [0.29, 0.717) is 16.4 Å². The fourth-order valence-electron chi connectivity index (χ4n) is 9.96. The van der Waals surface area contributed by atoms with Crippen molar-refractivity contribution >= 4 is 51.3 Å². The van der Waals surface area contributed by atoms with Crippen LogP contribution in [0.2, 0.25) is 0 Å². The highest BCUT2D eigenvalue weighted by molar-refractivity contribution is 9.10. The third-order valence-corrected chi connectivity index (χ3v) is 17.0. The summed E-state index contributed by atoms with van der Waals surface area (Å²) in [6, 6.07) is 34.5. The second-order valence-electron chi connectivity index (χ2n) is 18.8. The lowest BCUT2D eigenvalue weighted by molar-refractivity contribution is -0.173. The zero-order valence-corrected chi connectivity index (χ0v) is 44.5. The van der Waals surface area contributed by atoms with Gasteiger partial charge in [-0.25, -0.2) is 0 Å². The Morgan fingerprint density at radius 2 is 1.03 bits per heavy atom. The van der Waals surface area contributed by atoms with Crippen molar-refractivity contribution in [3.05, 3.63) is 221 Å². The molecule has 11 rings (SSSR count). The van der Waals surface area contributed by atoms with Crippen LogP contribution in [0.5, 0.6) is 11.5 Å². The minimum Gasteiger partial charge on any atom is -0.502 e. The van der Waals surface area contributed by atoms with Crippen molar-refractivity contribution in [3.63, 3.8) is 0 Å². The van der Waals surface area contributed by atoms with Crippen LogP contribution in [0.25, 0.3) is 0 Å². The molecule has 5 aromatic carbocycles. The number of hydrogen-bond donors (Lipinski definition) is 1. The lowest BCUT2D eigenvalue weighted by Gasteiger charge is -2.46. The molecule has 0 radical (unpaired) electrons. The van der Waals surface area contributed by atoms with Gasteiger partial charge in [-0.15, -0.1) is 23.5 Å². The Morgan fingerprint density at radius 3 is 1.52 bits per heavy atom. The predicted molar refractivity (Wildman–Crippen MR) is 284 cm³/mol. The summed E-state index contributed by atoms with van der Waals surface area (Å²) >= 11 is 6.60. The highest BCUT2D eigenvalue weighted by Crippen LogP contribution is 2.46. The summed E-state index contributed by atoms with van der Waals surface area (Å²) in [6.07, 6.45) is -6.53. The van der Waals surface area contributed by atoms with E-state index in [-0.39, 0.29) is 34.8 Å². The first-order chi connectivity index (χ1) is 36.7. The van der Waals surface area contributed by atoms with E-state index in [2.05, 4.69) is 15.9 Å².